The van der Waals surface area contributed by atoms with Crippen LogP contribution in [0, 0.1) is 0 Å². The van der Waals surface area contributed by atoms with Crippen molar-refractivity contribution in [2.24, 2.45) is 5.73 Å². The molecule has 0 aliphatic heterocycles. The van der Waals surface area contributed by atoms with Gasteiger partial charge in [0.1, 0.15) is 0 Å². The second kappa shape index (κ2) is 5.27. The number of allylic oxidation sites excluding steroid dienone is 1. The van der Waals surface area contributed by atoms with Crippen molar-refractivity contribution in [2.45, 2.75) is 57.4 Å². The summed E-state index contributed by atoms with van der Waals surface area (Å²) in [5.74, 6) is 0. The molecule has 2 N–H and O–H groups in total. The van der Waals surface area contributed by atoms with E-state index in [1.54, 1.807) is 16.7 Å². The predicted octanol–water partition coefficient (Wildman–Crippen LogP) is 3.55. The van der Waals surface area contributed by atoms with Crippen LogP contribution in [-0.4, -0.2) is 6.04 Å². The summed E-state index contributed by atoms with van der Waals surface area (Å²) >= 11 is 0. The quantitative estimate of drug-likeness (QED) is 0.787. The van der Waals surface area contributed by atoms with Crippen LogP contribution in [0.25, 0.3) is 0 Å². The Morgan fingerprint density at radius 3 is 2.83 bits per heavy atom. The molecule has 1 heteroatoms. The SMILES string of the molecule is NC1C=C(Cc2ccc3c(c2)CCC3)CCCC1. The molecule has 0 aromatic heterocycles. The van der Waals surface area contributed by atoms with Crippen LogP contribution in [0.4, 0.5) is 0 Å². The van der Waals surface area contributed by atoms with Crippen LogP contribution in [0.5, 0.6) is 0 Å². The average Bonchev–Trinajstić information content (AvgIpc) is 2.72. The molecule has 2 aliphatic rings. The fraction of sp³-hybridized carbons (Fsp3) is 0.529. The van der Waals surface area contributed by atoms with Gasteiger partial charge in [0.15, 0.2) is 0 Å². The molecule has 3 rings (SSSR count). The van der Waals surface area contributed by atoms with Crippen LogP contribution in [0.3, 0.4) is 0 Å². The molecule has 0 amide bonds. The lowest BCUT2D eigenvalue weighted by Gasteiger charge is -2.09. The van der Waals surface area contributed by atoms with Gasteiger partial charge in [0.2, 0.25) is 0 Å². The first-order valence-electron chi connectivity index (χ1n) is 7.37. The van der Waals surface area contributed by atoms with Gasteiger partial charge in [0.05, 0.1) is 0 Å². The first kappa shape index (κ1) is 12.0. The minimum atomic E-state index is 0.289. The molecule has 1 unspecified atom stereocenters. The lowest BCUT2D eigenvalue weighted by atomic mass is 9.98. The Kier molecular flexibility index (Phi) is 3.51. The third-order valence-electron chi connectivity index (χ3n) is 4.33. The minimum Gasteiger partial charge on any atom is -0.324 e. The average molecular weight is 241 g/mol. The van der Waals surface area contributed by atoms with Crippen molar-refractivity contribution in [1.82, 2.24) is 0 Å². The Balaban J connectivity index is 1.75. The van der Waals surface area contributed by atoms with Crippen LogP contribution >= 0.6 is 0 Å². The van der Waals surface area contributed by atoms with Crippen LogP contribution in [0.1, 0.15) is 48.8 Å². The van der Waals surface area contributed by atoms with E-state index in [0.717, 1.165) is 12.8 Å². The number of fused-ring (bicyclic) bond motifs is 1. The fourth-order valence-electron chi connectivity index (χ4n) is 3.35. The number of nitrogens with two attached hydrogens (primary N) is 1. The summed E-state index contributed by atoms with van der Waals surface area (Å²) < 4.78 is 0. The number of rotatable bonds is 2. The van der Waals surface area contributed by atoms with Gasteiger partial charge in [-0.25, -0.2) is 0 Å². The zero-order valence-corrected chi connectivity index (χ0v) is 11.1. The summed E-state index contributed by atoms with van der Waals surface area (Å²) in [6.45, 7) is 0. The van der Waals surface area contributed by atoms with Gasteiger partial charge in [0.25, 0.3) is 0 Å². The summed E-state index contributed by atoms with van der Waals surface area (Å²) in [4.78, 5) is 0. The molecule has 1 aromatic rings. The third-order valence-corrected chi connectivity index (χ3v) is 4.33. The highest BCUT2D eigenvalue weighted by Crippen LogP contribution is 2.25. The molecule has 1 aromatic carbocycles. The molecule has 0 bridgehead atoms. The maximum absolute atomic E-state index is 6.09. The highest BCUT2D eigenvalue weighted by atomic mass is 14.6. The fourth-order valence-corrected chi connectivity index (χ4v) is 3.35. The molecule has 18 heavy (non-hydrogen) atoms. The molecular formula is C17H23N. The maximum Gasteiger partial charge on any atom is 0.0226 e. The zero-order chi connectivity index (χ0) is 12.4. The first-order chi connectivity index (χ1) is 8.81. The van der Waals surface area contributed by atoms with Crippen molar-refractivity contribution < 1.29 is 0 Å². The van der Waals surface area contributed by atoms with E-state index in [-0.39, 0.29) is 6.04 Å². The Labute approximate surface area is 110 Å². The van der Waals surface area contributed by atoms with Gasteiger partial charge in [0, 0.05) is 6.04 Å². The first-order valence-corrected chi connectivity index (χ1v) is 7.37. The van der Waals surface area contributed by atoms with Gasteiger partial charge in [-0.3, -0.25) is 0 Å². The predicted molar refractivity (Wildman–Crippen MR) is 76.7 cm³/mol. The molecule has 1 atom stereocenters. The molecule has 0 fully saturated rings. The number of benzene rings is 1. The van der Waals surface area contributed by atoms with Gasteiger partial charge >= 0.3 is 0 Å². The summed E-state index contributed by atoms with van der Waals surface area (Å²) in [6.07, 6.45) is 12.3. The van der Waals surface area contributed by atoms with Crippen LogP contribution < -0.4 is 5.73 Å². The van der Waals surface area contributed by atoms with E-state index in [1.165, 1.54) is 44.1 Å². The van der Waals surface area contributed by atoms with Crippen molar-refractivity contribution in [3.63, 3.8) is 0 Å². The molecule has 0 heterocycles. The van der Waals surface area contributed by atoms with E-state index < -0.39 is 0 Å². The molecular weight excluding hydrogens is 218 g/mol. The molecule has 0 spiro atoms. The standard InChI is InChI=1S/C17H23N/c18-17-7-2-1-4-13(12-17)10-14-8-9-15-5-3-6-16(15)11-14/h8-9,11-12,17H,1-7,10,18H2. The normalized spacial score (nSPS) is 23.4. The Bertz CT molecular complexity index is 459. The molecule has 0 saturated heterocycles. The van der Waals surface area contributed by atoms with Crippen LogP contribution in [0.15, 0.2) is 29.8 Å². The highest BCUT2D eigenvalue weighted by Gasteiger charge is 2.13. The highest BCUT2D eigenvalue weighted by molar-refractivity contribution is 5.37. The minimum absolute atomic E-state index is 0.289. The summed E-state index contributed by atoms with van der Waals surface area (Å²) in [7, 11) is 0. The van der Waals surface area contributed by atoms with Crippen molar-refractivity contribution in [3.05, 3.63) is 46.5 Å². The maximum atomic E-state index is 6.09. The second-order valence-corrected chi connectivity index (χ2v) is 5.87. The summed E-state index contributed by atoms with van der Waals surface area (Å²) in [5, 5.41) is 0. The number of hydrogen-bond donors (Lipinski definition) is 1. The second-order valence-electron chi connectivity index (χ2n) is 5.87. The van der Waals surface area contributed by atoms with Crippen molar-refractivity contribution >= 4 is 0 Å². The van der Waals surface area contributed by atoms with E-state index in [0.29, 0.717) is 0 Å². The Hall–Kier alpha value is -1.08. The van der Waals surface area contributed by atoms with Gasteiger partial charge < -0.3 is 5.73 Å². The molecule has 0 radical (unpaired) electrons. The summed E-state index contributed by atoms with van der Waals surface area (Å²) in [6, 6.07) is 7.38. The van der Waals surface area contributed by atoms with Crippen molar-refractivity contribution in [2.75, 3.05) is 0 Å². The number of aryl methyl sites for hydroxylation is 2. The summed E-state index contributed by atoms with van der Waals surface area (Å²) in [5.41, 5.74) is 12.3. The lowest BCUT2D eigenvalue weighted by molar-refractivity contribution is 0.654. The monoisotopic (exact) mass is 241 g/mol. The number of hydrogen-bond acceptors (Lipinski definition) is 1. The van der Waals surface area contributed by atoms with Gasteiger partial charge in [-0.2, -0.15) is 0 Å². The van der Waals surface area contributed by atoms with Crippen LogP contribution in [-0.2, 0) is 19.3 Å². The van der Waals surface area contributed by atoms with Gasteiger partial charge in [-0.05, 0) is 61.6 Å². The molecule has 1 nitrogen and oxygen atoms in total. The van der Waals surface area contributed by atoms with E-state index in [4.69, 9.17) is 5.73 Å². The largest absolute Gasteiger partial charge is 0.324 e. The third kappa shape index (κ3) is 2.67. The smallest absolute Gasteiger partial charge is 0.0226 e. The molecule has 96 valence electrons. The Morgan fingerprint density at radius 1 is 1.00 bits per heavy atom. The molecule has 0 saturated carbocycles. The Morgan fingerprint density at radius 2 is 1.89 bits per heavy atom. The van der Waals surface area contributed by atoms with E-state index in [1.807, 2.05) is 0 Å². The van der Waals surface area contributed by atoms with Gasteiger partial charge in [-0.15, -0.1) is 0 Å². The topological polar surface area (TPSA) is 26.0 Å². The van der Waals surface area contributed by atoms with E-state index >= 15 is 0 Å². The van der Waals surface area contributed by atoms with E-state index in [9.17, 15) is 0 Å². The van der Waals surface area contributed by atoms with Crippen molar-refractivity contribution in [1.29, 1.82) is 0 Å². The van der Waals surface area contributed by atoms with E-state index in [2.05, 4.69) is 24.3 Å². The van der Waals surface area contributed by atoms with Crippen molar-refractivity contribution in [3.8, 4) is 0 Å². The molecule has 2 aliphatic carbocycles. The zero-order valence-electron chi connectivity index (χ0n) is 11.1. The lowest BCUT2D eigenvalue weighted by Crippen LogP contribution is -2.16. The van der Waals surface area contributed by atoms with Crippen LogP contribution in [0.2, 0.25) is 0 Å². The van der Waals surface area contributed by atoms with Gasteiger partial charge in [-0.1, -0.05) is 36.3 Å².